The van der Waals surface area contributed by atoms with Crippen LogP contribution in [0.5, 0.6) is 5.75 Å². The lowest BCUT2D eigenvalue weighted by Crippen LogP contribution is -2.28. The van der Waals surface area contributed by atoms with Gasteiger partial charge in [0.2, 0.25) is 0 Å². The molecule has 1 N–H and O–H groups in total. The van der Waals surface area contributed by atoms with Crippen LogP contribution in [0, 0.1) is 6.92 Å². The molecule has 0 heterocycles. The first-order chi connectivity index (χ1) is 11.3. The quantitative estimate of drug-likeness (QED) is 0.800. The summed E-state index contributed by atoms with van der Waals surface area (Å²) in [7, 11) is 0. The molecule has 0 aliphatic heterocycles. The van der Waals surface area contributed by atoms with Crippen LogP contribution in [-0.4, -0.2) is 12.5 Å². The molecular formula is C20H24BrNO2. The number of carbonyl (C=O) groups is 1. The van der Waals surface area contributed by atoms with Crippen molar-refractivity contribution >= 4 is 21.8 Å². The lowest BCUT2D eigenvalue weighted by molar-refractivity contribution is -0.123. The summed E-state index contributed by atoms with van der Waals surface area (Å²) in [4.78, 5) is 11.9. The maximum Gasteiger partial charge on any atom is 0.258 e. The van der Waals surface area contributed by atoms with Gasteiger partial charge in [-0.15, -0.1) is 0 Å². The molecule has 0 spiro atoms. The summed E-state index contributed by atoms with van der Waals surface area (Å²) in [5, 5.41) is 2.86. The molecule has 128 valence electrons. The Bertz CT molecular complexity index is 703. The van der Waals surface area contributed by atoms with E-state index in [4.69, 9.17) is 4.74 Å². The van der Waals surface area contributed by atoms with Crippen molar-refractivity contribution in [1.82, 2.24) is 5.32 Å². The Morgan fingerprint density at radius 3 is 2.38 bits per heavy atom. The average molecular weight is 390 g/mol. The molecule has 0 bridgehead atoms. The maximum absolute atomic E-state index is 11.9. The van der Waals surface area contributed by atoms with Crippen molar-refractivity contribution in [2.75, 3.05) is 6.61 Å². The van der Waals surface area contributed by atoms with E-state index in [0.717, 1.165) is 10.0 Å². The van der Waals surface area contributed by atoms with E-state index in [9.17, 15) is 4.79 Å². The normalized spacial score (nSPS) is 11.2. The number of aryl methyl sites for hydroxylation is 1. The highest BCUT2D eigenvalue weighted by molar-refractivity contribution is 9.10. The van der Waals surface area contributed by atoms with Gasteiger partial charge in [0.25, 0.3) is 5.91 Å². The number of benzene rings is 2. The highest BCUT2D eigenvalue weighted by Crippen LogP contribution is 2.31. The zero-order chi connectivity index (χ0) is 17.7. The second-order valence-corrected chi connectivity index (χ2v) is 7.80. The molecule has 0 atom stereocenters. The lowest BCUT2D eigenvalue weighted by atomic mass is 9.87. The monoisotopic (exact) mass is 389 g/mol. The molecular weight excluding hydrogens is 366 g/mol. The fourth-order valence-corrected chi connectivity index (χ4v) is 2.68. The summed E-state index contributed by atoms with van der Waals surface area (Å²) < 4.78 is 6.48. The molecule has 0 aliphatic carbocycles. The standard InChI is InChI=1S/C20H24BrNO2/c1-14-5-7-15(8-6-14)12-22-19(23)13-24-18-10-9-16(11-17(18)21)20(2,3)4/h5-11H,12-13H2,1-4H3,(H,22,23). The van der Waals surface area contributed by atoms with Crippen molar-refractivity contribution < 1.29 is 9.53 Å². The van der Waals surface area contributed by atoms with Crippen LogP contribution in [0.15, 0.2) is 46.9 Å². The minimum atomic E-state index is -0.137. The van der Waals surface area contributed by atoms with Crippen LogP contribution in [0.3, 0.4) is 0 Å². The molecule has 0 aliphatic rings. The molecule has 24 heavy (non-hydrogen) atoms. The highest BCUT2D eigenvalue weighted by Gasteiger charge is 2.15. The number of hydrogen-bond acceptors (Lipinski definition) is 2. The Balaban J connectivity index is 1.86. The number of rotatable bonds is 5. The van der Waals surface area contributed by atoms with Gasteiger partial charge >= 0.3 is 0 Å². The third-order valence-electron chi connectivity index (χ3n) is 3.77. The zero-order valence-electron chi connectivity index (χ0n) is 14.7. The van der Waals surface area contributed by atoms with Gasteiger partial charge in [-0.25, -0.2) is 0 Å². The molecule has 0 saturated heterocycles. The summed E-state index contributed by atoms with van der Waals surface area (Å²) in [6, 6.07) is 14.1. The van der Waals surface area contributed by atoms with E-state index in [0.29, 0.717) is 12.3 Å². The first-order valence-corrected chi connectivity index (χ1v) is 8.80. The van der Waals surface area contributed by atoms with Crippen molar-refractivity contribution in [3.8, 4) is 5.75 Å². The molecule has 0 radical (unpaired) electrons. The SMILES string of the molecule is Cc1ccc(CNC(=O)COc2ccc(C(C)(C)C)cc2Br)cc1. The summed E-state index contributed by atoms with van der Waals surface area (Å²) in [6.07, 6.45) is 0. The van der Waals surface area contributed by atoms with Crippen molar-refractivity contribution in [3.05, 3.63) is 63.6 Å². The van der Waals surface area contributed by atoms with Crippen LogP contribution in [0.1, 0.15) is 37.5 Å². The van der Waals surface area contributed by atoms with Crippen LogP contribution in [0.2, 0.25) is 0 Å². The van der Waals surface area contributed by atoms with Gasteiger partial charge in [-0.2, -0.15) is 0 Å². The van der Waals surface area contributed by atoms with Crippen LogP contribution in [0.4, 0.5) is 0 Å². The van der Waals surface area contributed by atoms with E-state index >= 15 is 0 Å². The first-order valence-electron chi connectivity index (χ1n) is 8.01. The third kappa shape index (κ3) is 5.38. The zero-order valence-corrected chi connectivity index (χ0v) is 16.2. The van der Waals surface area contributed by atoms with Gasteiger partial charge in [0.15, 0.2) is 6.61 Å². The Labute approximate surface area is 152 Å². The Morgan fingerprint density at radius 2 is 1.79 bits per heavy atom. The van der Waals surface area contributed by atoms with Gasteiger partial charge < -0.3 is 10.1 Å². The Morgan fingerprint density at radius 1 is 1.12 bits per heavy atom. The molecule has 0 unspecified atom stereocenters. The van der Waals surface area contributed by atoms with Gasteiger partial charge in [-0.1, -0.05) is 56.7 Å². The number of halogens is 1. The van der Waals surface area contributed by atoms with Gasteiger partial charge in [-0.3, -0.25) is 4.79 Å². The summed E-state index contributed by atoms with van der Waals surface area (Å²) in [5.74, 6) is 0.538. The molecule has 0 saturated carbocycles. The van der Waals surface area contributed by atoms with Crippen LogP contribution < -0.4 is 10.1 Å². The van der Waals surface area contributed by atoms with Crippen LogP contribution in [0.25, 0.3) is 0 Å². The highest BCUT2D eigenvalue weighted by atomic mass is 79.9. The Kier molecular flexibility index (Phi) is 6.05. The second kappa shape index (κ2) is 7.84. The largest absolute Gasteiger partial charge is 0.483 e. The number of nitrogens with one attached hydrogen (secondary N) is 1. The fourth-order valence-electron chi connectivity index (χ4n) is 2.19. The molecule has 1 amide bonds. The smallest absolute Gasteiger partial charge is 0.258 e. The van der Waals surface area contributed by atoms with Gasteiger partial charge in [0.1, 0.15) is 5.75 Å². The number of hydrogen-bond donors (Lipinski definition) is 1. The van der Waals surface area contributed by atoms with Crippen molar-refractivity contribution in [2.45, 2.75) is 39.7 Å². The molecule has 0 fully saturated rings. The second-order valence-electron chi connectivity index (χ2n) is 6.95. The van der Waals surface area contributed by atoms with E-state index in [1.165, 1.54) is 11.1 Å². The molecule has 2 aromatic carbocycles. The van der Waals surface area contributed by atoms with Crippen LogP contribution >= 0.6 is 15.9 Å². The van der Waals surface area contributed by atoms with Gasteiger partial charge in [0.05, 0.1) is 4.47 Å². The topological polar surface area (TPSA) is 38.3 Å². The number of amides is 1. The van der Waals surface area contributed by atoms with Crippen molar-refractivity contribution in [1.29, 1.82) is 0 Å². The van der Waals surface area contributed by atoms with E-state index in [1.54, 1.807) is 0 Å². The molecule has 4 heteroatoms. The van der Waals surface area contributed by atoms with Crippen molar-refractivity contribution in [2.24, 2.45) is 0 Å². The fraction of sp³-hybridized carbons (Fsp3) is 0.350. The molecule has 2 rings (SSSR count). The lowest BCUT2D eigenvalue weighted by Gasteiger charge is -2.20. The van der Waals surface area contributed by atoms with Crippen molar-refractivity contribution in [3.63, 3.8) is 0 Å². The molecule has 3 nitrogen and oxygen atoms in total. The maximum atomic E-state index is 11.9. The average Bonchev–Trinajstić information content (AvgIpc) is 2.52. The minimum Gasteiger partial charge on any atom is -0.483 e. The number of carbonyl (C=O) groups excluding carboxylic acids is 1. The van der Waals surface area contributed by atoms with Gasteiger partial charge in [0, 0.05) is 6.54 Å². The third-order valence-corrected chi connectivity index (χ3v) is 4.39. The summed E-state index contributed by atoms with van der Waals surface area (Å²) in [5.41, 5.74) is 3.57. The number of ether oxygens (including phenoxy) is 1. The van der Waals surface area contributed by atoms with E-state index < -0.39 is 0 Å². The van der Waals surface area contributed by atoms with Gasteiger partial charge in [-0.05, 0) is 51.5 Å². The minimum absolute atomic E-state index is 0.000669. The van der Waals surface area contributed by atoms with E-state index in [2.05, 4.69) is 42.0 Å². The summed E-state index contributed by atoms with van der Waals surface area (Å²) >= 11 is 3.52. The molecule has 0 aromatic heterocycles. The Hall–Kier alpha value is -1.81. The predicted molar refractivity (Wildman–Crippen MR) is 101 cm³/mol. The van der Waals surface area contributed by atoms with Crippen LogP contribution in [-0.2, 0) is 16.8 Å². The van der Waals surface area contributed by atoms with E-state index in [1.807, 2.05) is 49.4 Å². The predicted octanol–water partition coefficient (Wildman–Crippen LogP) is 4.75. The first kappa shape index (κ1) is 18.5. The molecule has 2 aromatic rings. The van der Waals surface area contributed by atoms with E-state index in [-0.39, 0.29) is 17.9 Å². The summed E-state index contributed by atoms with van der Waals surface area (Å²) in [6.45, 7) is 9.03.